The molecule has 0 radical (unpaired) electrons. The summed E-state index contributed by atoms with van der Waals surface area (Å²) in [7, 11) is 0. The first-order chi connectivity index (χ1) is 10.1. The molecule has 1 atom stereocenters. The molecule has 0 saturated carbocycles. The largest absolute Gasteiger partial charge is 0.467 e. The van der Waals surface area contributed by atoms with Crippen molar-refractivity contribution in [2.45, 2.75) is 19.1 Å². The van der Waals surface area contributed by atoms with Crippen LogP contribution in [-0.4, -0.2) is 17.7 Å². The molecule has 0 spiro atoms. The molecule has 0 fully saturated rings. The highest BCUT2D eigenvalue weighted by molar-refractivity contribution is 6.30. The summed E-state index contributed by atoms with van der Waals surface area (Å²) in [4.78, 5) is 11.6. The van der Waals surface area contributed by atoms with Gasteiger partial charge in [-0.1, -0.05) is 23.7 Å². The Morgan fingerprint density at radius 3 is 2.67 bits per heavy atom. The van der Waals surface area contributed by atoms with E-state index in [1.165, 1.54) is 6.26 Å². The zero-order valence-electron chi connectivity index (χ0n) is 11.4. The molecule has 0 bridgehead atoms. The standard InChI is InChI=1S/C15H17ClN2O3/c16-12-5-3-11(4-6-12)10-18-15(20)17-8-7-13(19)14-2-1-9-21-14/h1-6,9,13,19H,7-8,10H2,(H2,17,18,20)/t13-/m1/s1. The zero-order chi connectivity index (χ0) is 15.1. The molecule has 0 saturated heterocycles. The van der Waals surface area contributed by atoms with Crippen LogP contribution < -0.4 is 10.6 Å². The molecule has 21 heavy (non-hydrogen) atoms. The molecule has 1 heterocycles. The highest BCUT2D eigenvalue weighted by atomic mass is 35.5. The molecule has 1 aromatic carbocycles. The number of hydrogen-bond donors (Lipinski definition) is 3. The second-order valence-electron chi connectivity index (χ2n) is 4.56. The van der Waals surface area contributed by atoms with E-state index in [2.05, 4.69) is 10.6 Å². The highest BCUT2D eigenvalue weighted by Crippen LogP contribution is 2.15. The zero-order valence-corrected chi connectivity index (χ0v) is 12.1. The maximum Gasteiger partial charge on any atom is 0.315 e. The van der Waals surface area contributed by atoms with E-state index in [9.17, 15) is 9.90 Å². The molecule has 3 N–H and O–H groups in total. The Morgan fingerprint density at radius 1 is 1.24 bits per heavy atom. The van der Waals surface area contributed by atoms with Crippen LogP contribution in [0.3, 0.4) is 0 Å². The number of halogens is 1. The average Bonchev–Trinajstić information content (AvgIpc) is 3.01. The normalized spacial score (nSPS) is 11.9. The van der Waals surface area contributed by atoms with Crippen LogP contribution in [0.2, 0.25) is 5.02 Å². The lowest BCUT2D eigenvalue weighted by molar-refractivity contribution is 0.140. The van der Waals surface area contributed by atoms with E-state index < -0.39 is 6.10 Å². The third-order valence-electron chi connectivity index (χ3n) is 2.94. The lowest BCUT2D eigenvalue weighted by Gasteiger charge is -2.10. The minimum atomic E-state index is -0.712. The number of benzene rings is 1. The lowest BCUT2D eigenvalue weighted by Crippen LogP contribution is -2.36. The number of hydrogen-bond acceptors (Lipinski definition) is 3. The number of nitrogens with one attached hydrogen (secondary N) is 2. The lowest BCUT2D eigenvalue weighted by atomic mass is 10.2. The van der Waals surface area contributed by atoms with Gasteiger partial charge >= 0.3 is 6.03 Å². The number of amides is 2. The average molecular weight is 309 g/mol. The SMILES string of the molecule is O=C(NCC[C@@H](O)c1ccco1)NCc1ccc(Cl)cc1. The van der Waals surface area contributed by atoms with E-state index in [1.54, 1.807) is 24.3 Å². The second kappa shape index (κ2) is 7.71. The summed E-state index contributed by atoms with van der Waals surface area (Å²) in [5.74, 6) is 0.498. The number of carbonyl (C=O) groups is 1. The molecule has 2 aromatic rings. The van der Waals surface area contributed by atoms with Crippen molar-refractivity contribution in [3.63, 3.8) is 0 Å². The molecule has 112 valence electrons. The Bertz CT molecular complexity index is 555. The first-order valence-corrected chi connectivity index (χ1v) is 7.00. The topological polar surface area (TPSA) is 74.5 Å². The van der Waals surface area contributed by atoms with E-state index in [1.807, 2.05) is 12.1 Å². The van der Waals surface area contributed by atoms with Crippen LogP contribution in [0.25, 0.3) is 0 Å². The van der Waals surface area contributed by atoms with Gasteiger partial charge in [-0.05, 0) is 36.2 Å². The van der Waals surface area contributed by atoms with E-state index in [0.29, 0.717) is 30.3 Å². The van der Waals surface area contributed by atoms with Crippen molar-refractivity contribution < 1.29 is 14.3 Å². The number of carbonyl (C=O) groups excluding carboxylic acids is 1. The molecule has 0 unspecified atom stereocenters. The summed E-state index contributed by atoms with van der Waals surface area (Å²) >= 11 is 5.78. The minimum absolute atomic E-state index is 0.281. The Kier molecular flexibility index (Phi) is 5.66. The van der Waals surface area contributed by atoms with Gasteiger partial charge in [-0.2, -0.15) is 0 Å². The van der Waals surface area contributed by atoms with Crippen molar-refractivity contribution in [1.82, 2.24) is 10.6 Å². The van der Waals surface area contributed by atoms with Crippen LogP contribution in [0.5, 0.6) is 0 Å². The van der Waals surface area contributed by atoms with Gasteiger partial charge in [0, 0.05) is 18.1 Å². The van der Waals surface area contributed by atoms with Gasteiger partial charge < -0.3 is 20.2 Å². The predicted octanol–water partition coefficient (Wildman–Crippen LogP) is 2.86. The van der Waals surface area contributed by atoms with Gasteiger partial charge in [0.2, 0.25) is 0 Å². The Balaban J connectivity index is 1.64. The molecule has 2 amide bonds. The summed E-state index contributed by atoms with van der Waals surface area (Å²) in [5, 5.41) is 15.8. The van der Waals surface area contributed by atoms with E-state index >= 15 is 0 Å². The van der Waals surface area contributed by atoms with E-state index in [4.69, 9.17) is 16.0 Å². The number of furan rings is 1. The van der Waals surface area contributed by atoms with Crippen molar-refractivity contribution in [3.8, 4) is 0 Å². The summed E-state index contributed by atoms with van der Waals surface area (Å²) in [6.07, 6.45) is 1.18. The van der Waals surface area contributed by atoms with Gasteiger partial charge in [0.15, 0.2) is 0 Å². The molecule has 0 aliphatic carbocycles. The third-order valence-corrected chi connectivity index (χ3v) is 3.19. The van der Waals surface area contributed by atoms with Gasteiger partial charge in [0.25, 0.3) is 0 Å². The highest BCUT2D eigenvalue weighted by Gasteiger charge is 2.10. The summed E-state index contributed by atoms with van der Waals surface area (Å²) in [6, 6.07) is 10.4. The summed E-state index contributed by atoms with van der Waals surface area (Å²) in [6.45, 7) is 0.776. The van der Waals surface area contributed by atoms with Gasteiger partial charge in [-0.3, -0.25) is 0 Å². The number of rotatable bonds is 6. The number of aliphatic hydroxyl groups excluding tert-OH is 1. The van der Waals surface area contributed by atoms with Crippen molar-refractivity contribution in [2.24, 2.45) is 0 Å². The number of urea groups is 1. The first kappa shape index (κ1) is 15.4. The van der Waals surface area contributed by atoms with Crippen molar-refractivity contribution in [1.29, 1.82) is 0 Å². The molecule has 6 heteroatoms. The molecular weight excluding hydrogens is 292 g/mol. The second-order valence-corrected chi connectivity index (χ2v) is 4.99. The van der Waals surface area contributed by atoms with Crippen molar-refractivity contribution >= 4 is 17.6 Å². The van der Waals surface area contributed by atoms with Crippen LogP contribution in [-0.2, 0) is 6.54 Å². The van der Waals surface area contributed by atoms with Gasteiger partial charge in [0.05, 0.1) is 6.26 Å². The fourth-order valence-electron chi connectivity index (χ4n) is 1.79. The van der Waals surface area contributed by atoms with E-state index in [0.717, 1.165) is 5.56 Å². The monoisotopic (exact) mass is 308 g/mol. The Hall–Kier alpha value is -1.98. The van der Waals surface area contributed by atoms with Gasteiger partial charge in [0.1, 0.15) is 11.9 Å². The maximum atomic E-state index is 11.6. The van der Waals surface area contributed by atoms with Gasteiger partial charge in [-0.25, -0.2) is 4.79 Å². The minimum Gasteiger partial charge on any atom is -0.467 e. The van der Waals surface area contributed by atoms with E-state index in [-0.39, 0.29) is 6.03 Å². The molecular formula is C15H17ClN2O3. The Labute approximate surface area is 127 Å². The summed E-state index contributed by atoms with van der Waals surface area (Å²) < 4.78 is 5.08. The number of aliphatic hydroxyl groups is 1. The van der Waals surface area contributed by atoms with Crippen molar-refractivity contribution in [3.05, 3.63) is 59.0 Å². The Morgan fingerprint density at radius 2 is 2.00 bits per heavy atom. The smallest absolute Gasteiger partial charge is 0.315 e. The summed E-state index contributed by atoms with van der Waals surface area (Å²) in [5.41, 5.74) is 0.963. The van der Waals surface area contributed by atoms with Crippen LogP contribution in [0.4, 0.5) is 4.79 Å². The van der Waals surface area contributed by atoms with Crippen LogP contribution in [0.1, 0.15) is 23.8 Å². The third kappa shape index (κ3) is 5.13. The molecule has 0 aliphatic rings. The predicted molar refractivity (Wildman–Crippen MR) is 80.0 cm³/mol. The maximum absolute atomic E-state index is 11.6. The molecule has 2 rings (SSSR count). The fourth-order valence-corrected chi connectivity index (χ4v) is 1.92. The quantitative estimate of drug-likeness (QED) is 0.768. The molecule has 5 nitrogen and oxygen atoms in total. The fraction of sp³-hybridized carbons (Fsp3) is 0.267. The van der Waals surface area contributed by atoms with Crippen LogP contribution in [0.15, 0.2) is 47.1 Å². The molecule has 1 aromatic heterocycles. The van der Waals surface area contributed by atoms with Crippen LogP contribution >= 0.6 is 11.6 Å². The first-order valence-electron chi connectivity index (χ1n) is 6.63. The van der Waals surface area contributed by atoms with Crippen LogP contribution in [0, 0.1) is 0 Å². The molecule has 0 aliphatic heterocycles. The van der Waals surface area contributed by atoms with Crippen molar-refractivity contribution in [2.75, 3.05) is 6.54 Å². The van der Waals surface area contributed by atoms with Gasteiger partial charge in [-0.15, -0.1) is 0 Å².